The number of alkyl halides is 1. The summed E-state index contributed by atoms with van der Waals surface area (Å²) in [4.78, 5) is -0.178. The van der Waals surface area contributed by atoms with E-state index in [0.29, 0.717) is 0 Å². The van der Waals surface area contributed by atoms with Crippen molar-refractivity contribution in [2.24, 2.45) is 0 Å². The molecule has 0 aliphatic carbocycles. The maximum atomic E-state index is 10.4. The first-order valence-corrected chi connectivity index (χ1v) is 14.5. The Kier molecular flexibility index (Phi) is 18.4. The molecule has 0 saturated carbocycles. The summed E-state index contributed by atoms with van der Waals surface area (Å²) in [5, 5.41) is 0. The van der Waals surface area contributed by atoms with Gasteiger partial charge < -0.3 is 9.04 Å². The van der Waals surface area contributed by atoms with E-state index in [1.165, 1.54) is 113 Å². The van der Waals surface area contributed by atoms with Gasteiger partial charge in [0.2, 0.25) is 0 Å². The van der Waals surface area contributed by atoms with Gasteiger partial charge in [-0.2, -0.15) is 0 Å². The molecule has 0 N–H and O–H groups in total. The highest BCUT2D eigenvalue weighted by molar-refractivity contribution is 7.85. The van der Waals surface area contributed by atoms with Gasteiger partial charge in [-0.1, -0.05) is 70.1 Å². The molecule has 0 bridgehead atoms. The summed E-state index contributed by atoms with van der Waals surface area (Å²) in [6.45, 7) is 10.5. The number of nitrogens with zero attached hydrogens (tertiary/aromatic N) is 1. The number of benzene rings is 1. The molecule has 1 atom stereocenters. The Bertz CT molecular complexity index is 664. The third-order valence-electron chi connectivity index (χ3n) is 5.99. The number of unbranched alkanes of at least 4 members (excludes halogenated alkanes) is 9. The van der Waals surface area contributed by atoms with Crippen LogP contribution in [0.5, 0.6) is 0 Å². The fourth-order valence-corrected chi connectivity index (χ4v) is 4.48. The molecular formula is C26H48ClNO3S. The molecule has 188 valence electrons. The molecule has 0 aliphatic rings. The number of hydrogen-bond donors (Lipinski definition) is 0. The molecular weight excluding hydrogens is 442 g/mol. The molecule has 0 aliphatic heterocycles. The van der Waals surface area contributed by atoms with Gasteiger partial charge >= 0.3 is 0 Å². The van der Waals surface area contributed by atoms with E-state index in [9.17, 15) is 13.0 Å². The van der Waals surface area contributed by atoms with Crippen molar-refractivity contribution in [3.8, 4) is 0 Å². The monoisotopic (exact) mass is 489 g/mol. The van der Waals surface area contributed by atoms with E-state index in [2.05, 4.69) is 20.9 Å². The molecule has 32 heavy (non-hydrogen) atoms. The van der Waals surface area contributed by atoms with Crippen LogP contribution < -0.4 is 0 Å². The van der Waals surface area contributed by atoms with Crippen molar-refractivity contribution in [1.29, 1.82) is 0 Å². The number of halogens is 1. The summed E-state index contributed by atoms with van der Waals surface area (Å²) in [6.07, 6.45) is 16.5. The second-order valence-corrected chi connectivity index (χ2v) is 11.0. The summed E-state index contributed by atoms with van der Waals surface area (Å²) in [7, 11) is -1.79. The molecule has 1 rings (SSSR count). The quantitative estimate of drug-likeness (QED) is 0.0998. The van der Waals surface area contributed by atoms with Crippen LogP contribution in [0, 0.1) is 6.92 Å². The Hall–Kier alpha value is -0.620. The van der Waals surface area contributed by atoms with E-state index in [1.807, 2.05) is 6.92 Å². The molecule has 0 saturated heterocycles. The molecule has 6 heteroatoms. The predicted octanol–water partition coefficient (Wildman–Crippen LogP) is 7.29. The summed E-state index contributed by atoms with van der Waals surface area (Å²) in [6, 6.07) is 5.78. The first-order valence-electron chi connectivity index (χ1n) is 12.6. The van der Waals surface area contributed by atoms with Gasteiger partial charge in [0.15, 0.2) is 0 Å². The van der Waals surface area contributed by atoms with Gasteiger partial charge in [-0.3, -0.25) is 0 Å². The summed E-state index contributed by atoms with van der Waals surface area (Å²) in [5.74, 6) is 0.826. The highest BCUT2D eigenvalue weighted by atomic mass is 35.5. The summed E-state index contributed by atoms with van der Waals surface area (Å²) >= 11 is 5.84. The lowest BCUT2D eigenvalue weighted by Crippen LogP contribution is -2.46. The molecule has 1 aromatic rings. The van der Waals surface area contributed by atoms with Crippen LogP contribution in [0.4, 0.5) is 0 Å². The highest BCUT2D eigenvalue weighted by Crippen LogP contribution is 2.14. The third kappa shape index (κ3) is 16.9. The molecule has 1 aromatic carbocycles. The van der Waals surface area contributed by atoms with Gasteiger partial charge in [0.25, 0.3) is 0 Å². The molecule has 0 spiro atoms. The van der Waals surface area contributed by atoms with Gasteiger partial charge in [0, 0.05) is 5.88 Å². The lowest BCUT2D eigenvalue weighted by atomic mass is 10.1. The standard InChI is InChI=1S/C19H41ClN.C7H8O3S/c1-4-6-8-10-11-14-18-21(3,19-15-12-16-20)17-13-9-7-5-2;1-6-2-4-7(5-3-6)11(8,9)10/h4-19H2,1-3H3;2-5H,1H3,(H,8,9,10)/q+1;/p-1. The Morgan fingerprint density at radius 1 is 0.750 bits per heavy atom. The lowest BCUT2D eigenvalue weighted by Gasteiger charge is -2.35. The van der Waals surface area contributed by atoms with Crippen LogP contribution >= 0.6 is 11.6 Å². The zero-order chi connectivity index (χ0) is 24.3. The van der Waals surface area contributed by atoms with Crippen LogP contribution in [0.1, 0.15) is 96.5 Å². The van der Waals surface area contributed by atoms with Crippen LogP contribution in [0.3, 0.4) is 0 Å². The molecule has 0 fully saturated rings. The molecule has 0 radical (unpaired) electrons. The van der Waals surface area contributed by atoms with Gasteiger partial charge in [-0.25, -0.2) is 8.42 Å². The van der Waals surface area contributed by atoms with Crippen molar-refractivity contribution in [2.45, 2.75) is 103 Å². The van der Waals surface area contributed by atoms with Crippen molar-refractivity contribution in [1.82, 2.24) is 0 Å². The Labute approximate surface area is 204 Å². The summed E-state index contributed by atoms with van der Waals surface area (Å²) in [5.41, 5.74) is 0.928. The van der Waals surface area contributed by atoms with Gasteiger partial charge in [0.1, 0.15) is 10.1 Å². The molecule has 0 amide bonds. The first-order chi connectivity index (χ1) is 15.2. The maximum Gasteiger partial charge on any atom is 0.124 e. The number of hydrogen-bond acceptors (Lipinski definition) is 3. The van der Waals surface area contributed by atoms with Crippen molar-refractivity contribution in [3.05, 3.63) is 29.8 Å². The van der Waals surface area contributed by atoms with E-state index in [1.54, 1.807) is 12.1 Å². The average molecular weight is 490 g/mol. The van der Waals surface area contributed by atoms with Crippen molar-refractivity contribution in [3.63, 3.8) is 0 Å². The van der Waals surface area contributed by atoms with E-state index < -0.39 is 10.1 Å². The first kappa shape index (κ1) is 31.4. The van der Waals surface area contributed by atoms with Gasteiger partial charge in [0.05, 0.1) is 31.6 Å². The Morgan fingerprint density at radius 3 is 1.59 bits per heavy atom. The van der Waals surface area contributed by atoms with Crippen LogP contribution in [0.25, 0.3) is 0 Å². The highest BCUT2D eigenvalue weighted by Gasteiger charge is 2.19. The van der Waals surface area contributed by atoms with Crippen molar-refractivity contribution in [2.75, 3.05) is 32.6 Å². The Morgan fingerprint density at radius 2 is 1.16 bits per heavy atom. The van der Waals surface area contributed by atoms with Gasteiger partial charge in [-0.05, 0) is 57.6 Å². The molecule has 0 aromatic heterocycles. The fraction of sp³-hybridized carbons (Fsp3) is 0.769. The minimum absolute atomic E-state index is 0.178. The zero-order valence-electron chi connectivity index (χ0n) is 21.1. The zero-order valence-corrected chi connectivity index (χ0v) is 22.7. The molecule has 0 heterocycles. The number of aryl methyl sites for hydroxylation is 1. The number of quaternary nitrogens is 1. The topological polar surface area (TPSA) is 57.2 Å². The SMILES string of the molecule is CCCCCCCC[N+](C)(CCCCCl)CCCCCC.Cc1ccc(S(=O)(=O)[O-])cc1. The van der Waals surface area contributed by atoms with E-state index in [4.69, 9.17) is 11.6 Å². The maximum absolute atomic E-state index is 10.4. The minimum Gasteiger partial charge on any atom is -0.744 e. The molecule has 1 unspecified atom stereocenters. The van der Waals surface area contributed by atoms with Gasteiger partial charge in [-0.15, -0.1) is 11.6 Å². The van der Waals surface area contributed by atoms with Crippen LogP contribution in [-0.2, 0) is 10.1 Å². The van der Waals surface area contributed by atoms with E-state index in [-0.39, 0.29) is 4.90 Å². The van der Waals surface area contributed by atoms with Crippen LogP contribution in [0.2, 0.25) is 0 Å². The van der Waals surface area contributed by atoms with Crippen LogP contribution in [0.15, 0.2) is 29.2 Å². The fourth-order valence-electron chi connectivity index (χ4n) is 3.82. The smallest absolute Gasteiger partial charge is 0.124 e. The average Bonchev–Trinajstić information content (AvgIpc) is 2.74. The largest absolute Gasteiger partial charge is 0.744 e. The normalized spacial score (nSPS) is 13.3. The minimum atomic E-state index is -4.27. The Balaban J connectivity index is 0.000000726. The van der Waals surface area contributed by atoms with E-state index >= 15 is 0 Å². The van der Waals surface area contributed by atoms with Crippen molar-refractivity contribution >= 4 is 21.7 Å². The van der Waals surface area contributed by atoms with E-state index in [0.717, 1.165) is 11.4 Å². The second-order valence-electron chi connectivity index (χ2n) is 9.28. The van der Waals surface area contributed by atoms with Crippen molar-refractivity contribution < 1.29 is 17.5 Å². The van der Waals surface area contributed by atoms with Crippen LogP contribution in [-0.4, -0.2) is 50.0 Å². The molecule has 4 nitrogen and oxygen atoms in total. The third-order valence-corrected chi connectivity index (χ3v) is 7.11. The second kappa shape index (κ2) is 18.8. The summed E-state index contributed by atoms with van der Waals surface area (Å²) < 4.78 is 32.5. The lowest BCUT2D eigenvalue weighted by molar-refractivity contribution is -0.910. The number of rotatable bonds is 17. The predicted molar refractivity (Wildman–Crippen MR) is 137 cm³/mol.